The molecule has 0 radical (unpaired) electrons. The number of hydrogen-bond donors (Lipinski definition) is 0. The summed E-state index contributed by atoms with van der Waals surface area (Å²) in [5, 5.41) is 0. The Kier molecular flexibility index (Phi) is 3.91. The molecule has 0 fully saturated rings. The maximum atomic E-state index is 12.6. The minimum Gasteiger partial charge on any atom is -0.289 e. The molecule has 0 bridgehead atoms. The predicted octanol–water partition coefficient (Wildman–Crippen LogP) is 4.91. The van der Waals surface area contributed by atoms with Gasteiger partial charge in [0.25, 0.3) is 0 Å². The Bertz CT molecular complexity index is 633. The maximum absolute atomic E-state index is 12.6. The molecule has 0 amide bonds. The first kappa shape index (κ1) is 14.0. The molecule has 0 saturated heterocycles. The van der Waals surface area contributed by atoms with Gasteiger partial charge in [0.1, 0.15) is 0 Å². The topological polar surface area (TPSA) is 17.1 Å². The zero-order chi connectivity index (χ0) is 14.2. The van der Waals surface area contributed by atoms with Crippen molar-refractivity contribution < 1.29 is 4.79 Å². The molecule has 2 heteroatoms. The molecule has 0 aliphatic carbocycles. The third kappa shape index (κ3) is 2.79. The molecular weight excluding hydrogens is 300 g/mol. The van der Waals surface area contributed by atoms with E-state index >= 15 is 0 Å². The largest absolute Gasteiger partial charge is 0.289 e. The molecule has 0 aliphatic heterocycles. The van der Waals surface area contributed by atoms with Gasteiger partial charge in [-0.3, -0.25) is 4.79 Å². The van der Waals surface area contributed by atoms with Crippen LogP contribution in [0.25, 0.3) is 0 Å². The summed E-state index contributed by atoms with van der Waals surface area (Å²) < 4.78 is 0.973. The van der Waals surface area contributed by atoms with Crippen LogP contribution in [0.4, 0.5) is 0 Å². The summed E-state index contributed by atoms with van der Waals surface area (Å²) in [6.45, 7) is 8.06. The molecule has 0 atom stereocenters. The SMILES string of the molecule is Cc1cc(C)c(C(=O)c2ccc(C)c(Br)c2)c(C)c1. The van der Waals surface area contributed by atoms with Gasteiger partial charge in [-0.15, -0.1) is 0 Å². The number of carbonyl (C=O) groups excluding carboxylic acids is 1. The molecular formula is C17H17BrO. The van der Waals surface area contributed by atoms with E-state index in [0.717, 1.165) is 32.3 Å². The number of rotatable bonds is 2. The van der Waals surface area contributed by atoms with Crippen LogP contribution in [0.3, 0.4) is 0 Å². The van der Waals surface area contributed by atoms with Crippen molar-refractivity contribution in [2.45, 2.75) is 27.7 Å². The van der Waals surface area contributed by atoms with Gasteiger partial charge in [-0.1, -0.05) is 45.8 Å². The number of hydrogen-bond acceptors (Lipinski definition) is 1. The second-order valence-corrected chi connectivity index (χ2v) is 5.92. The lowest BCUT2D eigenvalue weighted by atomic mass is 9.93. The Balaban J connectivity index is 2.53. The van der Waals surface area contributed by atoms with Crippen LogP contribution in [0.5, 0.6) is 0 Å². The van der Waals surface area contributed by atoms with E-state index in [1.807, 2.05) is 39.0 Å². The maximum Gasteiger partial charge on any atom is 0.193 e. The van der Waals surface area contributed by atoms with Gasteiger partial charge in [0.2, 0.25) is 0 Å². The van der Waals surface area contributed by atoms with Gasteiger partial charge < -0.3 is 0 Å². The normalized spacial score (nSPS) is 10.6. The van der Waals surface area contributed by atoms with Crippen LogP contribution in [-0.2, 0) is 0 Å². The van der Waals surface area contributed by atoms with E-state index in [1.54, 1.807) is 0 Å². The third-order valence-electron chi connectivity index (χ3n) is 3.34. The first-order valence-corrected chi connectivity index (χ1v) is 7.08. The molecule has 0 spiro atoms. The van der Waals surface area contributed by atoms with Crippen molar-refractivity contribution in [3.63, 3.8) is 0 Å². The summed E-state index contributed by atoms with van der Waals surface area (Å²) in [5.41, 5.74) is 5.96. The van der Waals surface area contributed by atoms with Gasteiger partial charge in [0.15, 0.2) is 5.78 Å². The highest BCUT2D eigenvalue weighted by atomic mass is 79.9. The quantitative estimate of drug-likeness (QED) is 0.719. The van der Waals surface area contributed by atoms with E-state index in [4.69, 9.17) is 0 Å². The van der Waals surface area contributed by atoms with Crippen molar-refractivity contribution in [3.8, 4) is 0 Å². The van der Waals surface area contributed by atoms with Crippen molar-refractivity contribution in [2.24, 2.45) is 0 Å². The molecule has 98 valence electrons. The van der Waals surface area contributed by atoms with Gasteiger partial charge in [-0.2, -0.15) is 0 Å². The molecule has 0 aliphatic rings. The van der Waals surface area contributed by atoms with Crippen LogP contribution in [0.15, 0.2) is 34.8 Å². The van der Waals surface area contributed by atoms with Crippen LogP contribution < -0.4 is 0 Å². The summed E-state index contributed by atoms with van der Waals surface area (Å²) in [6, 6.07) is 9.88. The summed E-state index contributed by atoms with van der Waals surface area (Å²) in [5.74, 6) is 0.0932. The third-order valence-corrected chi connectivity index (χ3v) is 4.19. The van der Waals surface area contributed by atoms with Crippen molar-refractivity contribution in [1.29, 1.82) is 0 Å². The Morgan fingerprint density at radius 2 is 1.47 bits per heavy atom. The highest BCUT2D eigenvalue weighted by Gasteiger charge is 2.15. The predicted molar refractivity (Wildman–Crippen MR) is 83.0 cm³/mol. The smallest absolute Gasteiger partial charge is 0.193 e. The lowest BCUT2D eigenvalue weighted by Gasteiger charge is -2.11. The Labute approximate surface area is 122 Å². The van der Waals surface area contributed by atoms with Gasteiger partial charge in [0.05, 0.1) is 0 Å². The molecule has 1 nitrogen and oxygen atoms in total. The van der Waals surface area contributed by atoms with E-state index in [0.29, 0.717) is 0 Å². The fourth-order valence-electron chi connectivity index (χ4n) is 2.42. The molecule has 2 aromatic carbocycles. The average molecular weight is 317 g/mol. The van der Waals surface area contributed by atoms with Crippen LogP contribution in [0.1, 0.15) is 38.2 Å². The van der Waals surface area contributed by atoms with Crippen molar-refractivity contribution in [1.82, 2.24) is 0 Å². The Hall–Kier alpha value is -1.41. The molecule has 0 unspecified atom stereocenters. The van der Waals surface area contributed by atoms with Crippen LogP contribution in [0, 0.1) is 27.7 Å². The minimum atomic E-state index is 0.0932. The first-order chi connectivity index (χ1) is 8.90. The van der Waals surface area contributed by atoms with Crippen molar-refractivity contribution >= 4 is 21.7 Å². The zero-order valence-electron chi connectivity index (χ0n) is 11.7. The number of aryl methyl sites for hydroxylation is 4. The van der Waals surface area contributed by atoms with E-state index < -0.39 is 0 Å². The lowest BCUT2D eigenvalue weighted by molar-refractivity contribution is 0.103. The van der Waals surface area contributed by atoms with Gasteiger partial charge >= 0.3 is 0 Å². The molecule has 2 rings (SSSR count). The highest BCUT2D eigenvalue weighted by Crippen LogP contribution is 2.23. The highest BCUT2D eigenvalue weighted by molar-refractivity contribution is 9.10. The van der Waals surface area contributed by atoms with Gasteiger partial charge in [-0.25, -0.2) is 0 Å². The number of ketones is 1. The second-order valence-electron chi connectivity index (χ2n) is 5.07. The monoisotopic (exact) mass is 316 g/mol. The van der Waals surface area contributed by atoms with Crippen LogP contribution >= 0.6 is 15.9 Å². The summed E-state index contributed by atoms with van der Waals surface area (Å²) in [4.78, 5) is 12.6. The fourth-order valence-corrected chi connectivity index (χ4v) is 2.80. The summed E-state index contributed by atoms with van der Waals surface area (Å²) in [6.07, 6.45) is 0. The number of carbonyl (C=O) groups is 1. The van der Waals surface area contributed by atoms with Gasteiger partial charge in [0, 0.05) is 15.6 Å². The zero-order valence-corrected chi connectivity index (χ0v) is 13.3. The molecule has 19 heavy (non-hydrogen) atoms. The Morgan fingerprint density at radius 1 is 0.895 bits per heavy atom. The van der Waals surface area contributed by atoms with Gasteiger partial charge in [-0.05, 0) is 50.5 Å². The molecule has 0 aromatic heterocycles. The fraction of sp³-hybridized carbons (Fsp3) is 0.235. The molecule has 0 N–H and O–H groups in total. The standard InChI is InChI=1S/C17H17BrO/c1-10-7-12(3)16(13(4)8-10)17(19)14-6-5-11(2)15(18)9-14/h5-9H,1-4H3. The molecule has 0 heterocycles. The summed E-state index contributed by atoms with van der Waals surface area (Å²) in [7, 11) is 0. The number of benzene rings is 2. The van der Waals surface area contributed by atoms with Crippen LogP contribution in [0.2, 0.25) is 0 Å². The van der Waals surface area contributed by atoms with E-state index in [9.17, 15) is 4.79 Å². The van der Waals surface area contributed by atoms with Crippen molar-refractivity contribution in [3.05, 3.63) is 68.2 Å². The van der Waals surface area contributed by atoms with Crippen molar-refractivity contribution in [2.75, 3.05) is 0 Å². The summed E-state index contributed by atoms with van der Waals surface area (Å²) >= 11 is 3.48. The van der Waals surface area contributed by atoms with E-state index in [1.165, 1.54) is 5.56 Å². The average Bonchev–Trinajstić information content (AvgIpc) is 2.31. The first-order valence-electron chi connectivity index (χ1n) is 6.29. The minimum absolute atomic E-state index is 0.0932. The van der Waals surface area contributed by atoms with E-state index in [-0.39, 0.29) is 5.78 Å². The molecule has 0 saturated carbocycles. The van der Waals surface area contributed by atoms with E-state index in [2.05, 4.69) is 35.0 Å². The molecule has 2 aromatic rings. The second kappa shape index (κ2) is 5.30. The van der Waals surface area contributed by atoms with Crippen LogP contribution in [-0.4, -0.2) is 5.78 Å². The Morgan fingerprint density at radius 3 is 2.00 bits per heavy atom. The lowest BCUT2D eigenvalue weighted by Crippen LogP contribution is -2.07. The number of halogens is 1.